The predicted octanol–water partition coefficient (Wildman–Crippen LogP) is 4.47. The number of para-hydroxylation sites is 2. The molecular weight excluding hydrogens is 250 g/mol. The molecule has 0 aromatic heterocycles. The maximum Gasteiger partial charge on any atom is 0.418 e. The molecule has 0 saturated carbocycles. The van der Waals surface area contributed by atoms with E-state index in [2.05, 4.69) is 0 Å². The summed E-state index contributed by atoms with van der Waals surface area (Å²) in [6.45, 7) is 2.17. The first kappa shape index (κ1) is 12.5. The lowest BCUT2D eigenvalue weighted by Gasteiger charge is -2.23. The van der Waals surface area contributed by atoms with E-state index < -0.39 is 0 Å². The fourth-order valence-corrected chi connectivity index (χ4v) is 2.36. The van der Waals surface area contributed by atoms with Crippen LogP contribution in [-0.2, 0) is 4.74 Å². The molecule has 1 heterocycles. The molecule has 0 fully saturated rings. The molecule has 2 aromatic rings. The lowest BCUT2D eigenvalue weighted by molar-refractivity contribution is 0.162. The van der Waals surface area contributed by atoms with Gasteiger partial charge in [0.1, 0.15) is 0 Å². The Bertz CT molecular complexity index is 627. The Balaban J connectivity index is 2.20. The third-order valence-corrected chi connectivity index (χ3v) is 3.25. The number of hydrogen-bond donors (Lipinski definition) is 0. The van der Waals surface area contributed by atoms with Gasteiger partial charge in [0, 0.05) is 0 Å². The summed E-state index contributed by atoms with van der Waals surface area (Å²) in [6.07, 6.45) is 3.69. The smallest absolute Gasteiger partial charge is 0.418 e. The van der Waals surface area contributed by atoms with Gasteiger partial charge in [0.05, 0.1) is 18.0 Å². The summed E-state index contributed by atoms with van der Waals surface area (Å²) >= 11 is 0. The van der Waals surface area contributed by atoms with E-state index in [9.17, 15) is 4.79 Å². The first-order valence-corrected chi connectivity index (χ1v) is 6.64. The summed E-state index contributed by atoms with van der Waals surface area (Å²) in [5, 5.41) is 0. The molecule has 1 aliphatic heterocycles. The zero-order valence-corrected chi connectivity index (χ0v) is 11.2. The van der Waals surface area contributed by atoms with Crippen LogP contribution in [-0.4, -0.2) is 12.7 Å². The average Bonchev–Trinajstić information content (AvgIpc) is 2.64. The SMILES string of the molecule is CCOC(=O)N1c2ccccc2C=Cc2ccccc21. The van der Waals surface area contributed by atoms with Gasteiger partial charge in [-0.05, 0) is 30.2 Å². The number of hydrogen-bond acceptors (Lipinski definition) is 2. The van der Waals surface area contributed by atoms with E-state index in [0.29, 0.717) is 6.61 Å². The zero-order chi connectivity index (χ0) is 13.9. The lowest BCUT2D eigenvalue weighted by atomic mass is 10.1. The standard InChI is InChI=1S/C17H15NO2/c1-2-20-17(19)18-15-9-5-3-7-13(15)11-12-14-8-4-6-10-16(14)18/h3-12H,2H2,1H3. The molecule has 3 rings (SSSR count). The summed E-state index contributed by atoms with van der Waals surface area (Å²) in [6, 6.07) is 15.6. The van der Waals surface area contributed by atoms with E-state index in [1.54, 1.807) is 4.90 Å². The van der Waals surface area contributed by atoms with Crippen LogP contribution < -0.4 is 4.90 Å². The van der Waals surface area contributed by atoms with Crippen LogP contribution in [0.3, 0.4) is 0 Å². The topological polar surface area (TPSA) is 29.5 Å². The van der Waals surface area contributed by atoms with E-state index in [-0.39, 0.29) is 6.09 Å². The summed E-state index contributed by atoms with van der Waals surface area (Å²) < 4.78 is 5.21. The van der Waals surface area contributed by atoms with Gasteiger partial charge in [0.15, 0.2) is 0 Å². The quantitative estimate of drug-likeness (QED) is 0.761. The molecule has 1 aliphatic rings. The summed E-state index contributed by atoms with van der Waals surface area (Å²) in [5.41, 5.74) is 3.67. The van der Waals surface area contributed by atoms with Crippen molar-refractivity contribution < 1.29 is 9.53 Å². The normalized spacial score (nSPS) is 12.3. The fraction of sp³-hybridized carbons (Fsp3) is 0.118. The van der Waals surface area contributed by atoms with Crippen molar-refractivity contribution in [3.05, 3.63) is 59.7 Å². The summed E-state index contributed by atoms with van der Waals surface area (Å²) in [7, 11) is 0. The Morgan fingerprint density at radius 3 is 1.95 bits per heavy atom. The van der Waals surface area contributed by atoms with Crippen molar-refractivity contribution in [3.63, 3.8) is 0 Å². The Labute approximate surface area is 118 Å². The van der Waals surface area contributed by atoms with Gasteiger partial charge >= 0.3 is 6.09 Å². The minimum absolute atomic E-state index is 0.351. The van der Waals surface area contributed by atoms with Gasteiger partial charge in [-0.2, -0.15) is 0 Å². The van der Waals surface area contributed by atoms with Gasteiger partial charge in [0.2, 0.25) is 0 Å². The van der Waals surface area contributed by atoms with Crippen molar-refractivity contribution in [2.45, 2.75) is 6.92 Å². The Hall–Kier alpha value is -2.55. The van der Waals surface area contributed by atoms with Gasteiger partial charge in [-0.1, -0.05) is 48.6 Å². The molecule has 0 unspecified atom stereocenters. The molecule has 3 heteroatoms. The average molecular weight is 265 g/mol. The van der Waals surface area contributed by atoms with Gasteiger partial charge < -0.3 is 4.74 Å². The fourth-order valence-electron chi connectivity index (χ4n) is 2.36. The van der Waals surface area contributed by atoms with E-state index in [4.69, 9.17) is 4.74 Å². The molecule has 1 amide bonds. The first-order valence-electron chi connectivity index (χ1n) is 6.64. The van der Waals surface area contributed by atoms with Crippen LogP contribution in [0.15, 0.2) is 48.5 Å². The Morgan fingerprint density at radius 2 is 1.45 bits per heavy atom. The second-order valence-corrected chi connectivity index (χ2v) is 4.49. The highest BCUT2D eigenvalue weighted by atomic mass is 16.6. The number of rotatable bonds is 1. The van der Waals surface area contributed by atoms with Crippen molar-refractivity contribution in [1.82, 2.24) is 0 Å². The second kappa shape index (κ2) is 5.21. The molecule has 0 bridgehead atoms. The van der Waals surface area contributed by atoms with Gasteiger partial charge in [-0.15, -0.1) is 0 Å². The highest BCUT2D eigenvalue weighted by Gasteiger charge is 2.24. The van der Waals surface area contributed by atoms with E-state index in [1.165, 1.54) is 0 Å². The number of carbonyl (C=O) groups excluding carboxylic acids is 1. The van der Waals surface area contributed by atoms with Crippen LogP contribution in [0.5, 0.6) is 0 Å². The van der Waals surface area contributed by atoms with Crippen LogP contribution in [0.25, 0.3) is 12.2 Å². The number of ether oxygens (including phenoxy) is 1. The number of benzene rings is 2. The summed E-state index contributed by atoms with van der Waals surface area (Å²) in [5.74, 6) is 0. The van der Waals surface area contributed by atoms with E-state index in [1.807, 2.05) is 67.6 Å². The van der Waals surface area contributed by atoms with Crippen LogP contribution >= 0.6 is 0 Å². The molecule has 100 valence electrons. The second-order valence-electron chi connectivity index (χ2n) is 4.49. The Morgan fingerprint density at radius 1 is 0.950 bits per heavy atom. The number of carbonyl (C=O) groups is 1. The van der Waals surface area contributed by atoms with Crippen molar-refractivity contribution in [1.29, 1.82) is 0 Å². The van der Waals surface area contributed by atoms with E-state index in [0.717, 1.165) is 22.5 Å². The highest BCUT2D eigenvalue weighted by molar-refractivity contribution is 6.03. The minimum Gasteiger partial charge on any atom is -0.449 e. The van der Waals surface area contributed by atoms with Crippen molar-refractivity contribution >= 4 is 29.6 Å². The first-order chi connectivity index (χ1) is 9.81. The van der Waals surface area contributed by atoms with Gasteiger partial charge in [0.25, 0.3) is 0 Å². The molecule has 2 aromatic carbocycles. The Kier molecular flexibility index (Phi) is 3.25. The largest absolute Gasteiger partial charge is 0.449 e. The molecule has 0 spiro atoms. The molecule has 20 heavy (non-hydrogen) atoms. The molecule has 0 saturated heterocycles. The predicted molar refractivity (Wildman–Crippen MR) is 81.0 cm³/mol. The maximum absolute atomic E-state index is 12.4. The third kappa shape index (κ3) is 2.07. The van der Waals surface area contributed by atoms with Crippen LogP contribution in [0.2, 0.25) is 0 Å². The molecule has 0 radical (unpaired) electrons. The van der Waals surface area contributed by atoms with Crippen LogP contribution in [0.4, 0.5) is 16.2 Å². The zero-order valence-electron chi connectivity index (χ0n) is 11.2. The van der Waals surface area contributed by atoms with Gasteiger partial charge in [-0.25, -0.2) is 9.69 Å². The van der Waals surface area contributed by atoms with Gasteiger partial charge in [-0.3, -0.25) is 0 Å². The molecular formula is C17H15NO2. The minimum atomic E-state index is -0.351. The highest BCUT2D eigenvalue weighted by Crippen LogP contribution is 2.36. The molecule has 0 N–H and O–H groups in total. The number of fused-ring (bicyclic) bond motifs is 2. The molecule has 0 atom stereocenters. The number of anilines is 2. The van der Waals surface area contributed by atoms with E-state index >= 15 is 0 Å². The van der Waals surface area contributed by atoms with Crippen molar-refractivity contribution in [2.75, 3.05) is 11.5 Å². The molecule has 3 nitrogen and oxygen atoms in total. The number of amides is 1. The van der Waals surface area contributed by atoms with Crippen molar-refractivity contribution in [3.8, 4) is 0 Å². The van der Waals surface area contributed by atoms with Crippen LogP contribution in [0.1, 0.15) is 18.1 Å². The monoisotopic (exact) mass is 265 g/mol. The number of nitrogens with zero attached hydrogens (tertiary/aromatic N) is 1. The third-order valence-electron chi connectivity index (χ3n) is 3.25. The van der Waals surface area contributed by atoms with Crippen molar-refractivity contribution in [2.24, 2.45) is 0 Å². The summed E-state index contributed by atoms with van der Waals surface area (Å²) in [4.78, 5) is 14.0. The lowest BCUT2D eigenvalue weighted by Crippen LogP contribution is -2.27. The maximum atomic E-state index is 12.4. The van der Waals surface area contributed by atoms with Crippen LogP contribution in [0, 0.1) is 0 Å². The molecule has 0 aliphatic carbocycles.